The quantitative estimate of drug-likeness (QED) is 0.840. The summed E-state index contributed by atoms with van der Waals surface area (Å²) in [7, 11) is 0. The predicted octanol–water partition coefficient (Wildman–Crippen LogP) is 0.856. The monoisotopic (exact) mass is 321 g/mol. The number of aliphatic hydroxyl groups is 1. The zero-order valence-electron chi connectivity index (χ0n) is 13.7. The van der Waals surface area contributed by atoms with E-state index in [1.54, 1.807) is 0 Å². The molecule has 2 N–H and O–H groups in total. The molecule has 0 unspecified atom stereocenters. The lowest BCUT2D eigenvalue weighted by Crippen LogP contribution is -2.47. The van der Waals surface area contributed by atoms with Crippen LogP contribution in [-0.2, 0) is 11.4 Å². The van der Waals surface area contributed by atoms with Crippen molar-refractivity contribution >= 4 is 5.91 Å². The first-order chi connectivity index (χ1) is 11.3. The van der Waals surface area contributed by atoms with Crippen molar-refractivity contribution in [2.24, 2.45) is 0 Å². The number of hydrogen-bond acceptors (Lipinski definition) is 5. The maximum atomic E-state index is 12.3. The SMILES string of the molecule is O=C(CN[C@H]1CCCC[C@H]1n1cc(CO)nn1)N1CCCCC1. The van der Waals surface area contributed by atoms with Crippen LogP contribution in [0.15, 0.2) is 6.20 Å². The number of carbonyl (C=O) groups excluding carboxylic acids is 1. The van der Waals surface area contributed by atoms with Gasteiger partial charge in [-0.25, -0.2) is 4.68 Å². The molecule has 1 aromatic heterocycles. The molecule has 1 saturated heterocycles. The van der Waals surface area contributed by atoms with Crippen LogP contribution in [0.2, 0.25) is 0 Å². The van der Waals surface area contributed by atoms with Crippen molar-refractivity contribution in [2.45, 2.75) is 63.6 Å². The molecule has 23 heavy (non-hydrogen) atoms. The van der Waals surface area contributed by atoms with Gasteiger partial charge in [-0.1, -0.05) is 18.1 Å². The molecule has 7 heteroatoms. The highest BCUT2D eigenvalue weighted by Gasteiger charge is 2.28. The van der Waals surface area contributed by atoms with Gasteiger partial charge in [0.05, 0.1) is 25.4 Å². The van der Waals surface area contributed by atoms with E-state index in [4.69, 9.17) is 5.11 Å². The number of amides is 1. The highest BCUT2D eigenvalue weighted by atomic mass is 16.3. The zero-order valence-corrected chi connectivity index (χ0v) is 13.7. The molecule has 128 valence electrons. The molecule has 2 fully saturated rings. The van der Waals surface area contributed by atoms with Crippen LogP contribution in [0.25, 0.3) is 0 Å². The summed E-state index contributed by atoms with van der Waals surface area (Å²) in [5.74, 6) is 0.212. The first-order valence-corrected chi connectivity index (χ1v) is 8.80. The van der Waals surface area contributed by atoms with Gasteiger partial charge in [0.1, 0.15) is 5.69 Å². The lowest BCUT2D eigenvalue weighted by atomic mass is 9.90. The van der Waals surface area contributed by atoms with Crippen LogP contribution in [0.5, 0.6) is 0 Å². The van der Waals surface area contributed by atoms with E-state index in [-0.39, 0.29) is 24.6 Å². The topological polar surface area (TPSA) is 83.3 Å². The molecule has 1 aliphatic carbocycles. The van der Waals surface area contributed by atoms with Crippen molar-refractivity contribution in [2.75, 3.05) is 19.6 Å². The van der Waals surface area contributed by atoms with Gasteiger partial charge in [-0.15, -0.1) is 5.10 Å². The highest BCUT2D eigenvalue weighted by Crippen LogP contribution is 2.28. The van der Waals surface area contributed by atoms with Gasteiger partial charge < -0.3 is 15.3 Å². The van der Waals surface area contributed by atoms with E-state index in [0.717, 1.165) is 45.2 Å². The fraction of sp³-hybridized carbons (Fsp3) is 0.812. The second-order valence-corrected chi connectivity index (χ2v) is 6.63. The fourth-order valence-corrected chi connectivity index (χ4v) is 3.69. The van der Waals surface area contributed by atoms with Gasteiger partial charge in [0.2, 0.25) is 5.91 Å². The number of nitrogens with one attached hydrogen (secondary N) is 1. The highest BCUT2D eigenvalue weighted by molar-refractivity contribution is 5.78. The Morgan fingerprint density at radius 3 is 2.74 bits per heavy atom. The summed E-state index contributed by atoms with van der Waals surface area (Å²) in [5, 5.41) is 20.7. The van der Waals surface area contributed by atoms with Gasteiger partial charge in [0, 0.05) is 19.1 Å². The summed E-state index contributed by atoms with van der Waals surface area (Å²) in [6.45, 7) is 2.12. The second kappa shape index (κ2) is 7.88. The van der Waals surface area contributed by atoms with E-state index < -0.39 is 0 Å². The molecular weight excluding hydrogens is 294 g/mol. The molecule has 2 heterocycles. The molecular formula is C16H27N5O2. The summed E-state index contributed by atoms with van der Waals surface area (Å²) in [5.41, 5.74) is 0.596. The summed E-state index contributed by atoms with van der Waals surface area (Å²) in [6, 6.07) is 0.455. The third-order valence-electron chi connectivity index (χ3n) is 5.01. The van der Waals surface area contributed by atoms with E-state index in [9.17, 15) is 4.79 Å². The number of carbonyl (C=O) groups is 1. The Kier molecular flexibility index (Phi) is 5.61. The van der Waals surface area contributed by atoms with E-state index >= 15 is 0 Å². The minimum Gasteiger partial charge on any atom is -0.390 e. The normalized spacial score (nSPS) is 25.5. The van der Waals surface area contributed by atoms with Gasteiger partial charge in [-0.2, -0.15) is 0 Å². The van der Waals surface area contributed by atoms with Crippen LogP contribution in [0, 0.1) is 0 Å². The van der Waals surface area contributed by atoms with Gasteiger partial charge in [-0.05, 0) is 32.1 Å². The van der Waals surface area contributed by atoms with Crippen LogP contribution in [-0.4, -0.2) is 56.6 Å². The predicted molar refractivity (Wildman–Crippen MR) is 85.7 cm³/mol. The number of rotatable bonds is 5. The first-order valence-electron chi connectivity index (χ1n) is 8.80. The van der Waals surface area contributed by atoms with Crippen molar-refractivity contribution in [3.63, 3.8) is 0 Å². The molecule has 1 saturated carbocycles. The van der Waals surface area contributed by atoms with E-state index in [2.05, 4.69) is 15.6 Å². The first kappa shape index (κ1) is 16.4. The maximum Gasteiger partial charge on any atom is 0.236 e. The Balaban J connectivity index is 1.56. The fourth-order valence-electron chi connectivity index (χ4n) is 3.69. The van der Waals surface area contributed by atoms with Gasteiger partial charge in [0.15, 0.2) is 0 Å². The van der Waals surface area contributed by atoms with Crippen molar-refractivity contribution in [1.29, 1.82) is 0 Å². The summed E-state index contributed by atoms with van der Waals surface area (Å²) in [4.78, 5) is 14.3. The molecule has 1 aliphatic heterocycles. The number of nitrogens with zero attached hydrogens (tertiary/aromatic N) is 4. The Bertz CT molecular complexity index is 512. The third kappa shape index (κ3) is 4.09. The van der Waals surface area contributed by atoms with E-state index in [1.165, 1.54) is 12.8 Å². The van der Waals surface area contributed by atoms with Crippen LogP contribution in [0.3, 0.4) is 0 Å². The average molecular weight is 321 g/mol. The van der Waals surface area contributed by atoms with Gasteiger partial charge >= 0.3 is 0 Å². The van der Waals surface area contributed by atoms with Crippen LogP contribution < -0.4 is 5.32 Å². The Labute approximate surface area is 137 Å². The minimum absolute atomic E-state index is 0.0851. The van der Waals surface area contributed by atoms with Crippen molar-refractivity contribution in [3.8, 4) is 0 Å². The number of aliphatic hydroxyl groups excluding tert-OH is 1. The molecule has 0 bridgehead atoms. The Hall–Kier alpha value is -1.47. The second-order valence-electron chi connectivity index (χ2n) is 6.63. The molecule has 2 atom stereocenters. The van der Waals surface area contributed by atoms with Crippen LogP contribution in [0.4, 0.5) is 0 Å². The average Bonchev–Trinajstić information content (AvgIpc) is 3.09. The molecule has 0 aromatic carbocycles. The number of hydrogen-bond donors (Lipinski definition) is 2. The van der Waals surface area contributed by atoms with E-state index in [1.807, 2.05) is 15.8 Å². The van der Waals surface area contributed by atoms with Crippen molar-refractivity contribution < 1.29 is 9.90 Å². The Morgan fingerprint density at radius 1 is 1.22 bits per heavy atom. The van der Waals surface area contributed by atoms with Gasteiger partial charge in [0.25, 0.3) is 0 Å². The number of likely N-dealkylation sites (tertiary alicyclic amines) is 1. The standard InChI is InChI=1S/C16H27N5O2/c22-12-13-11-21(19-18-13)15-7-3-2-6-14(15)17-10-16(23)20-8-4-1-5-9-20/h11,14-15,17,22H,1-10,12H2/t14-,15+/m0/s1. The van der Waals surface area contributed by atoms with Gasteiger partial charge in [-0.3, -0.25) is 4.79 Å². The van der Waals surface area contributed by atoms with Crippen LogP contribution >= 0.6 is 0 Å². The van der Waals surface area contributed by atoms with Crippen molar-refractivity contribution in [3.05, 3.63) is 11.9 Å². The smallest absolute Gasteiger partial charge is 0.236 e. The third-order valence-corrected chi connectivity index (χ3v) is 5.01. The molecule has 0 radical (unpaired) electrons. The summed E-state index contributed by atoms with van der Waals surface area (Å²) in [6.07, 6.45) is 9.72. The summed E-state index contributed by atoms with van der Waals surface area (Å²) >= 11 is 0. The number of piperidine rings is 1. The summed E-state index contributed by atoms with van der Waals surface area (Å²) < 4.78 is 1.85. The molecule has 7 nitrogen and oxygen atoms in total. The van der Waals surface area contributed by atoms with E-state index in [0.29, 0.717) is 12.2 Å². The lowest BCUT2D eigenvalue weighted by molar-refractivity contribution is -0.131. The van der Waals surface area contributed by atoms with Crippen molar-refractivity contribution in [1.82, 2.24) is 25.2 Å². The molecule has 0 spiro atoms. The Morgan fingerprint density at radius 2 is 2.00 bits per heavy atom. The molecule has 3 rings (SSSR count). The molecule has 1 aromatic rings. The number of aromatic nitrogens is 3. The molecule has 1 amide bonds. The minimum atomic E-state index is -0.0851. The lowest BCUT2D eigenvalue weighted by Gasteiger charge is -2.33. The van der Waals surface area contributed by atoms with Crippen LogP contribution in [0.1, 0.15) is 56.7 Å². The zero-order chi connectivity index (χ0) is 16.1. The maximum absolute atomic E-state index is 12.3. The molecule has 2 aliphatic rings. The largest absolute Gasteiger partial charge is 0.390 e.